The first-order valence-electron chi connectivity index (χ1n) is 6.27. The van der Waals surface area contributed by atoms with E-state index < -0.39 is 10.0 Å². The van der Waals surface area contributed by atoms with Crippen LogP contribution in [0.15, 0.2) is 11.6 Å². The molecule has 1 heterocycles. The fourth-order valence-electron chi connectivity index (χ4n) is 2.06. The molecule has 5 nitrogen and oxygen atoms in total. The first-order valence-corrected chi connectivity index (χ1v) is 8.12. The molecule has 1 atom stereocenters. The molecule has 6 heteroatoms. The third-order valence-electron chi connectivity index (χ3n) is 3.06. The smallest absolute Gasteiger partial charge is 0.246 e. The third-order valence-corrected chi connectivity index (χ3v) is 4.33. The van der Waals surface area contributed by atoms with E-state index in [1.54, 1.807) is 6.92 Å². The number of hydrogen-bond donors (Lipinski definition) is 1. The van der Waals surface area contributed by atoms with Crippen LogP contribution in [0.1, 0.15) is 33.1 Å². The maximum Gasteiger partial charge on any atom is 0.246 e. The second-order valence-corrected chi connectivity index (χ2v) is 6.71. The lowest BCUT2D eigenvalue weighted by atomic mass is 10.1. The maximum atomic E-state index is 11.8. The number of piperidine rings is 1. The van der Waals surface area contributed by atoms with Crippen LogP contribution in [-0.4, -0.2) is 44.0 Å². The number of allylic oxidation sites excluding steroid dienone is 1. The van der Waals surface area contributed by atoms with Crippen molar-refractivity contribution >= 4 is 15.9 Å². The quantitative estimate of drug-likeness (QED) is 0.774. The first-order chi connectivity index (χ1) is 8.34. The molecule has 0 aromatic carbocycles. The second kappa shape index (κ2) is 6.33. The highest BCUT2D eigenvalue weighted by Crippen LogP contribution is 2.13. The minimum atomic E-state index is -3.16. The molecule has 1 rings (SSSR count). The van der Waals surface area contributed by atoms with E-state index in [2.05, 4.69) is 5.32 Å². The van der Waals surface area contributed by atoms with E-state index >= 15 is 0 Å². The van der Waals surface area contributed by atoms with Crippen molar-refractivity contribution in [2.45, 2.75) is 39.2 Å². The molecule has 18 heavy (non-hydrogen) atoms. The Morgan fingerprint density at radius 2 is 2.17 bits per heavy atom. The Labute approximate surface area is 109 Å². The van der Waals surface area contributed by atoms with Gasteiger partial charge in [-0.1, -0.05) is 13.0 Å². The lowest BCUT2D eigenvalue weighted by molar-refractivity contribution is -0.118. The van der Waals surface area contributed by atoms with E-state index in [1.165, 1.54) is 10.6 Å². The normalized spacial score (nSPS) is 22.8. The summed E-state index contributed by atoms with van der Waals surface area (Å²) < 4.78 is 24.3. The number of carbonyl (C=O) groups excluding carboxylic acids is 1. The highest BCUT2D eigenvalue weighted by molar-refractivity contribution is 7.88. The standard InChI is InChI=1S/C12H22N2O3S/c1-4-6-10(2)12(15)13-11-7-5-8-14(9-11)18(3,16)17/h6,11H,4-5,7-9H2,1-3H3,(H,13,15)/b10-6-/t11-/m0/s1. The summed E-state index contributed by atoms with van der Waals surface area (Å²) in [4.78, 5) is 11.8. The molecule has 1 amide bonds. The largest absolute Gasteiger partial charge is 0.348 e. The molecular formula is C12H22N2O3S. The molecule has 0 aromatic heterocycles. The summed E-state index contributed by atoms with van der Waals surface area (Å²) in [7, 11) is -3.16. The van der Waals surface area contributed by atoms with Gasteiger partial charge in [0.1, 0.15) is 0 Å². The minimum absolute atomic E-state index is 0.0822. The van der Waals surface area contributed by atoms with Gasteiger partial charge in [0.15, 0.2) is 0 Å². The van der Waals surface area contributed by atoms with Crippen molar-refractivity contribution in [3.05, 3.63) is 11.6 Å². The lowest BCUT2D eigenvalue weighted by Crippen LogP contribution is -2.49. The Bertz CT molecular complexity index is 429. The Morgan fingerprint density at radius 1 is 1.50 bits per heavy atom. The molecule has 0 bridgehead atoms. The number of hydrogen-bond acceptors (Lipinski definition) is 3. The number of rotatable bonds is 4. The molecule has 0 radical (unpaired) electrons. The molecule has 0 aromatic rings. The Morgan fingerprint density at radius 3 is 2.72 bits per heavy atom. The zero-order valence-corrected chi connectivity index (χ0v) is 12.1. The van der Waals surface area contributed by atoms with Gasteiger partial charge in [0, 0.05) is 24.7 Å². The zero-order valence-electron chi connectivity index (χ0n) is 11.3. The Balaban J connectivity index is 2.58. The topological polar surface area (TPSA) is 66.5 Å². The van der Waals surface area contributed by atoms with Crippen LogP contribution in [0, 0.1) is 0 Å². The van der Waals surface area contributed by atoms with Crippen LogP contribution in [0.2, 0.25) is 0 Å². The van der Waals surface area contributed by atoms with E-state index in [4.69, 9.17) is 0 Å². The summed E-state index contributed by atoms with van der Waals surface area (Å²) in [5.41, 5.74) is 0.689. The van der Waals surface area contributed by atoms with E-state index in [0.29, 0.717) is 18.7 Å². The van der Waals surface area contributed by atoms with E-state index in [-0.39, 0.29) is 11.9 Å². The van der Waals surface area contributed by atoms with Crippen LogP contribution in [0.4, 0.5) is 0 Å². The van der Waals surface area contributed by atoms with Crippen LogP contribution in [-0.2, 0) is 14.8 Å². The van der Waals surface area contributed by atoms with Crippen molar-refractivity contribution < 1.29 is 13.2 Å². The van der Waals surface area contributed by atoms with E-state index in [0.717, 1.165) is 19.3 Å². The molecule has 0 aliphatic carbocycles. The Kier molecular flexibility index (Phi) is 5.34. The summed E-state index contributed by atoms with van der Waals surface area (Å²) >= 11 is 0. The van der Waals surface area contributed by atoms with Gasteiger partial charge in [0.25, 0.3) is 0 Å². The third kappa shape index (κ3) is 4.42. The highest BCUT2D eigenvalue weighted by Gasteiger charge is 2.26. The summed E-state index contributed by atoms with van der Waals surface area (Å²) in [6.45, 7) is 4.68. The van der Waals surface area contributed by atoms with E-state index in [1.807, 2.05) is 13.0 Å². The minimum Gasteiger partial charge on any atom is -0.348 e. The van der Waals surface area contributed by atoms with Gasteiger partial charge in [-0.25, -0.2) is 12.7 Å². The molecule has 0 spiro atoms. The Hall–Kier alpha value is -0.880. The van der Waals surface area contributed by atoms with Crippen molar-refractivity contribution in [2.75, 3.05) is 19.3 Å². The lowest BCUT2D eigenvalue weighted by Gasteiger charge is -2.31. The maximum absolute atomic E-state index is 11.8. The number of carbonyl (C=O) groups is 1. The summed E-state index contributed by atoms with van der Waals surface area (Å²) in [5.74, 6) is -0.0998. The van der Waals surface area contributed by atoms with Crippen LogP contribution < -0.4 is 5.32 Å². The fraction of sp³-hybridized carbons (Fsp3) is 0.750. The first kappa shape index (κ1) is 15.2. The average molecular weight is 274 g/mol. The van der Waals surface area contributed by atoms with Crippen molar-refractivity contribution in [1.29, 1.82) is 0 Å². The fourth-order valence-corrected chi connectivity index (χ4v) is 2.97. The zero-order chi connectivity index (χ0) is 13.8. The number of sulfonamides is 1. The monoisotopic (exact) mass is 274 g/mol. The molecule has 104 valence electrons. The average Bonchev–Trinajstić information content (AvgIpc) is 2.28. The van der Waals surface area contributed by atoms with Gasteiger partial charge in [0.2, 0.25) is 15.9 Å². The summed E-state index contributed by atoms with van der Waals surface area (Å²) in [6.07, 6.45) is 5.51. The van der Waals surface area contributed by atoms with Crippen molar-refractivity contribution in [3.63, 3.8) is 0 Å². The highest BCUT2D eigenvalue weighted by atomic mass is 32.2. The number of nitrogens with zero attached hydrogens (tertiary/aromatic N) is 1. The summed E-state index contributed by atoms with van der Waals surface area (Å²) in [5, 5.41) is 2.89. The predicted octanol–water partition coefficient (Wildman–Crippen LogP) is 0.883. The van der Waals surface area contributed by atoms with Gasteiger partial charge < -0.3 is 5.32 Å². The molecule has 1 fully saturated rings. The molecule has 0 saturated carbocycles. The van der Waals surface area contributed by atoms with Gasteiger partial charge in [-0.15, -0.1) is 0 Å². The van der Waals surface area contributed by atoms with Crippen LogP contribution in [0.5, 0.6) is 0 Å². The SMILES string of the molecule is CC/C=C(/C)C(=O)N[C@H]1CCCN(S(C)(=O)=O)C1. The molecule has 1 aliphatic heterocycles. The van der Waals surface area contributed by atoms with Gasteiger partial charge in [0.05, 0.1) is 6.26 Å². The molecule has 1 aliphatic rings. The molecule has 1 N–H and O–H groups in total. The van der Waals surface area contributed by atoms with Gasteiger partial charge in [-0.2, -0.15) is 0 Å². The number of amides is 1. The van der Waals surface area contributed by atoms with Crippen LogP contribution in [0.3, 0.4) is 0 Å². The molecular weight excluding hydrogens is 252 g/mol. The van der Waals surface area contributed by atoms with Crippen LogP contribution >= 0.6 is 0 Å². The van der Waals surface area contributed by atoms with E-state index in [9.17, 15) is 13.2 Å². The molecule has 1 saturated heterocycles. The molecule has 0 unspecified atom stereocenters. The van der Waals surface area contributed by atoms with Crippen LogP contribution in [0.25, 0.3) is 0 Å². The van der Waals surface area contributed by atoms with Gasteiger partial charge in [-0.05, 0) is 26.2 Å². The van der Waals surface area contributed by atoms with Gasteiger partial charge in [-0.3, -0.25) is 4.79 Å². The second-order valence-electron chi connectivity index (χ2n) is 4.73. The predicted molar refractivity (Wildman–Crippen MR) is 71.6 cm³/mol. The summed E-state index contributed by atoms with van der Waals surface area (Å²) in [6, 6.07) is -0.0822. The van der Waals surface area contributed by atoms with Crippen molar-refractivity contribution in [1.82, 2.24) is 9.62 Å². The van der Waals surface area contributed by atoms with Crippen molar-refractivity contribution in [2.24, 2.45) is 0 Å². The van der Waals surface area contributed by atoms with Gasteiger partial charge >= 0.3 is 0 Å². The number of nitrogens with one attached hydrogen (secondary N) is 1. The van der Waals surface area contributed by atoms with Crippen molar-refractivity contribution in [3.8, 4) is 0 Å².